The van der Waals surface area contributed by atoms with Crippen molar-refractivity contribution in [3.05, 3.63) is 78.1 Å². The molecular formula is C26H23F3N2O5. The summed E-state index contributed by atoms with van der Waals surface area (Å²) in [6.45, 7) is 1.99. The van der Waals surface area contributed by atoms with E-state index in [0.29, 0.717) is 25.3 Å². The van der Waals surface area contributed by atoms with Crippen LogP contribution in [0.4, 0.5) is 18.9 Å². The van der Waals surface area contributed by atoms with Gasteiger partial charge in [-0.1, -0.05) is 24.3 Å². The summed E-state index contributed by atoms with van der Waals surface area (Å²) in [7, 11) is 0. The Kier molecular flexibility index (Phi) is 6.98. The second-order valence-electron chi connectivity index (χ2n) is 8.58. The van der Waals surface area contributed by atoms with Crippen molar-refractivity contribution < 1.29 is 37.7 Å². The summed E-state index contributed by atoms with van der Waals surface area (Å²) >= 11 is 0. The Morgan fingerprint density at radius 3 is 2.31 bits per heavy atom. The fourth-order valence-corrected chi connectivity index (χ4v) is 4.55. The second-order valence-corrected chi connectivity index (χ2v) is 8.58. The molecule has 0 atom stereocenters. The van der Waals surface area contributed by atoms with Crippen molar-refractivity contribution in [2.45, 2.75) is 24.4 Å². The molecule has 0 unspecified atom stereocenters. The van der Waals surface area contributed by atoms with Gasteiger partial charge < -0.3 is 19.8 Å². The van der Waals surface area contributed by atoms with Crippen LogP contribution in [0.2, 0.25) is 0 Å². The number of halogens is 3. The molecule has 3 heterocycles. The van der Waals surface area contributed by atoms with Crippen molar-refractivity contribution in [3.63, 3.8) is 0 Å². The lowest BCUT2D eigenvalue weighted by molar-refractivity contribution is -0.192. The van der Waals surface area contributed by atoms with Crippen LogP contribution in [0, 0.1) is 0 Å². The summed E-state index contributed by atoms with van der Waals surface area (Å²) in [5.74, 6) is -2.91. The normalized spacial score (nSPS) is 16.1. The average molecular weight is 500 g/mol. The Morgan fingerprint density at radius 1 is 1.00 bits per heavy atom. The molecule has 1 spiro atoms. The van der Waals surface area contributed by atoms with E-state index in [1.54, 1.807) is 30.5 Å². The minimum atomic E-state index is -5.08. The summed E-state index contributed by atoms with van der Waals surface area (Å²) in [5, 5.41) is 17.3. The standard InChI is InChI=1S/C24H22N2O3.C2HF3O2/c27-22-6-2-1-5-19(22)23(28)26-16-24(9-12-29-13-10-24)20-14-17(7-8-21(20)26)18-4-3-11-25-15-18;3-2(4,5)1(6)7/h1-8,11,14-15,27H,9-10,12-13,16H2;(H,6,7). The molecule has 188 valence electrons. The highest BCUT2D eigenvalue weighted by Crippen LogP contribution is 2.48. The maximum absolute atomic E-state index is 13.3. The van der Waals surface area contributed by atoms with Gasteiger partial charge in [0.15, 0.2) is 0 Å². The number of para-hydroxylation sites is 1. The van der Waals surface area contributed by atoms with Crippen LogP contribution in [0.3, 0.4) is 0 Å². The highest BCUT2D eigenvalue weighted by molar-refractivity contribution is 6.09. The number of aromatic hydroxyl groups is 1. The number of hydrogen-bond acceptors (Lipinski definition) is 5. The number of amides is 1. The molecule has 36 heavy (non-hydrogen) atoms. The van der Waals surface area contributed by atoms with Crippen molar-refractivity contribution in [1.82, 2.24) is 4.98 Å². The van der Waals surface area contributed by atoms with Gasteiger partial charge in [0.1, 0.15) is 5.75 Å². The molecular weight excluding hydrogens is 477 g/mol. The Balaban J connectivity index is 0.000000384. The Morgan fingerprint density at radius 2 is 1.69 bits per heavy atom. The van der Waals surface area contributed by atoms with Gasteiger partial charge in [-0.05, 0) is 59.9 Å². The fraction of sp³-hybridized carbons (Fsp3) is 0.269. The lowest BCUT2D eigenvalue weighted by atomic mass is 9.75. The molecule has 0 bridgehead atoms. The number of carboxylic acid groups (broad SMARTS) is 1. The number of benzene rings is 2. The third-order valence-electron chi connectivity index (χ3n) is 6.39. The quantitative estimate of drug-likeness (QED) is 0.525. The predicted octanol–water partition coefficient (Wildman–Crippen LogP) is 4.80. The first-order chi connectivity index (χ1) is 17.1. The first-order valence-electron chi connectivity index (χ1n) is 11.1. The molecule has 2 aliphatic heterocycles. The van der Waals surface area contributed by atoms with Crippen LogP contribution >= 0.6 is 0 Å². The van der Waals surface area contributed by atoms with E-state index in [1.165, 1.54) is 5.56 Å². The third kappa shape index (κ3) is 5.03. The summed E-state index contributed by atoms with van der Waals surface area (Å²) in [4.78, 5) is 28.3. The molecule has 1 saturated heterocycles. The molecule has 2 aliphatic rings. The predicted molar refractivity (Wildman–Crippen MR) is 125 cm³/mol. The molecule has 1 amide bonds. The lowest BCUT2D eigenvalue weighted by Gasteiger charge is -2.34. The smallest absolute Gasteiger partial charge is 0.490 e. The van der Waals surface area contributed by atoms with Gasteiger partial charge in [0.05, 0.1) is 5.56 Å². The van der Waals surface area contributed by atoms with Crippen molar-refractivity contribution in [2.24, 2.45) is 0 Å². The van der Waals surface area contributed by atoms with Gasteiger partial charge in [0.2, 0.25) is 0 Å². The first kappa shape index (κ1) is 25.2. The van der Waals surface area contributed by atoms with Crippen molar-refractivity contribution in [2.75, 3.05) is 24.7 Å². The van der Waals surface area contributed by atoms with Gasteiger partial charge >= 0.3 is 12.1 Å². The number of hydrogen-bond donors (Lipinski definition) is 2. The summed E-state index contributed by atoms with van der Waals surface area (Å²) < 4.78 is 37.4. The Hall–Kier alpha value is -3.92. The number of nitrogens with zero attached hydrogens (tertiary/aromatic N) is 2. The number of aliphatic carboxylic acids is 1. The van der Waals surface area contributed by atoms with Crippen LogP contribution in [0.25, 0.3) is 11.1 Å². The zero-order chi connectivity index (χ0) is 25.9. The van der Waals surface area contributed by atoms with Crippen molar-refractivity contribution in [1.29, 1.82) is 0 Å². The van der Waals surface area contributed by atoms with E-state index in [1.807, 2.05) is 35.4 Å². The number of rotatable bonds is 2. The Bertz CT molecular complexity index is 1260. The molecule has 2 N–H and O–H groups in total. The molecule has 7 nitrogen and oxygen atoms in total. The second kappa shape index (κ2) is 9.98. The van der Waals surface area contributed by atoms with Crippen molar-refractivity contribution >= 4 is 17.6 Å². The highest BCUT2D eigenvalue weighted by Gasteiger charge is 2.46. The van der Waals surface area contributed by atoms with E-state index in [2.05, 4.69) is 11.1 Å². The minimum Gasteiger partial charge on any atom is -0.507 e. The molecule has 5 rings (SSSR count). The van der Waals surface area contributed by atoms with Gasteiger partial charge in [-0.2, -0.15) is 13.2 Å². The number of phenolic OH excluding ortho intramolecular Hbond substituents is 1. The number of aromatic nitrogens is 1. The van der Waals surface area contributed by atoms with Gasteiger partial charge in [-0.25, -0.2) is 4.79 Å². The maximum Gasteiger partial charge on any atom is 0.490 e. The minimum absolute atomic E-state index is 0.0129. The molecule has 10 heteroatoms. The highest BCUT2D eigenvalue weighted by atomic mass is 19.4. The molecule has 3 aromatic rings. The van der Waals surface area contributed by atoms with E-state index < -0.39 is 12.1 Å². The van der Waals surface area contributed by atoms with Crippen LogP contribution < -0.4 is 4.90 Å². The van der Waals surface area contributed by atoms with Gasteiger partial charge in [-0.3, -0.25) is 9.78 Å². The van der Waals surface area contributed by atoms with E-state index >= 15 is 0 Å². The zero-order valence-corrected chi connectivity index (χ0v) is 19.0. The van der Waals surface area contributed by atoms with Crippen LogP contribution in [0.15, 0.2) is 67.0 Å². The SMILES string of the molecule is O=C(O)C(F)(F)F.O=C(c1ccccc1O)N1CC2(CCOCC2)c2cc(-c3cccnc3)ccc21. The van der Waals surface area contributed by atoms with E-state index in [-0.39, 0.29) is 17.1 Å². The number of carbonyl (C=O) groups is 2. The van der Waals surface area contributed by atoms with Crippen LogP contribution in [-0.2, 0) is 14.9 Å². The molecule has 1 fully saturated rings. The number of pyridine rings is 1. The van der Waals surface area contributed by atoms with Crippen LogP contribution in [0.5, 0.6) is 5.75 Å². The van der Waals surface area contributed by atoms with Gasteiger partial charge in [0.25, 0.3) is 5.91 Å². The lowest BCUT2D eigenvalue weighted by Crippen LogP contribution is -2.40. The fourth-order valence-electron chi connectivity index (χ4n) is 4.55. The summed E-state index contributed by atoms with van der Waals surface area (Å²) in [5.41, 5.74) is 4.48. The third-order valence-corrected chi connectivity index (χ3v) is 6.39. The number of carbonyl (C=O) groups excluding carboxylic acids is 1. The number of carboxylic acids is 1. The monoisotopic (exact) mass is 500 g/mol. The van der Waals surface area contributed by atoms with Gasteiger partial charge in [0, 0.05) is 43.3 Å². The van der Waals surface area contributed by atoms with Crippen molar-refractivity contribution in [3.8, 4) is 16.9 Å². The number of ether oxygens (including phenoxy) is 1. The van der Waals surface area contributed by atoms with Crippen LogP contribution in [-0.4, -0.2) is 53.0 Å². The number of fused-ring (bicyclic) bond motifs is 2. The number of anilines is 1. The van der Waals surface area contributed by atoms with Gasteiger partial charge in [-0.15, -0.1) is 0 Å². The Labute approximate surface area is 204 Å². The molecule has 0 aliphatic carbocycles. The largest absolute Gasteiger partial charge is 0.507 e. The topological polar surface area (TPSA) is 100.0 Å². The van der Waals surface area contributed by atoms with E-state index in [4.69, 9.17) is 14.6 Å². The number of alkyl halides is 3. The van der Waals surface area contributed by atoms with Crippen LogP contribution in [0.1, 0.15) is 28.8 Å². The molecule has 0 radical (unpaired) electrons. The number of phenols is 1. The summed E-state index contributed by atoms with van der Waals surface area (Å²) in [6.07, 6.45) is 0.296. The molecule has 1 aromatic heterocycles. The first-order valence-corrected chi connectivity index (χ1v) is 11.1. The average Bonchev–Trinajstić information content (AvgIpc) is 3.17. The maximum atomic E-state index is 13.3. The molecule has 2 aromatic carbocycles. The summed E-state index contributed by atoms with van der Waals surface area (Å²) in [6, 6.07) is 17.0. The zero-order valence-electron chi connectivity index (χ0n) is 19.0. The van der Waals surface area contributed by atoms with E-state index in [0.717, 1.165) is 29.7 Å². The molecule has 0 saturated carbocycles. The van der Waals surface area contributed by atoms with E-state index in [9.17, 15) is 23.1 Å².